The van der Waals surface area contributed by atoms with Crippen molar-refractivity contribution in [2.75, 3.05) is 19.5 Å². The van der Waals surface area contributed by atoms with E-state index in [0.29, 0.717) is 34.7 Å². The molecule has 0 aliphatic carbocycles. The van der Waals surface area contributed by atoms with Crippen molar-refractivity contribution in [3.05, 3.63) is 69.9 Å². The van der Waals surface area contributed by atoms with E-state index in [1.54, 1.807) is 0 Å². The van der Waals surface area contributed by atoms with Gasteiger partial charge in [-0.25, -0.2) is 0 Å². The Morgan fingerprint density at radius 2 is 1.83 bits per heavy atom. The highest BCUT2D eigenvalue weighted by atomic mass is 35.5. The lowest BCUT2D eigenvalue weighted by atomic mass is 10.0. The van der Waals surface area contributed by atoms with Crippen molar-refractivity contribution in [1.29, 1.82) is 0 Å². The molecule has 0 atom stereocenters. The van der Waals surface area contributed by atoms with Gasteiger partial charge in [-0.3, -0.25) is 4.79 Å². The zero-order valence-corrected chi connectivity index (χ0v) is 14.6. The third kappa shape index (κ3) is 3.23. The molecule has 0 radical (unpaired) electrons. The summed E-state index contributed by atoms with van der Waals surface area (Å²) in [4.78, 5) is 14.9. The molecule has 0 unspecified atom stereocenters. The predicted octanol–water partition coefficient (Wildman–Crippen LogP) is 4.44. The van der Waals surface area contributed by atoms with Gasteiger partial charge in [0.2, 0.25) is 0 Å². The Labute approximate surface area is 146 Å². The maximum Gasteiger partial charge on any atom is 0.196 e. The number of benzene rings is 2. The summed E-state index contributed by atoms with van der Waals surface area (Å²) in [6.45, 7) is 3.28. The largest absolute Gasteiger partial charge is 0.455 e. The molecule has 1 aromatic heterocycles. The van der Waals surface area contributed by atoms with E-state index in [-0.39, 0.29) is 5.43 Å². The van der Waals surface area contributed by atoms with E-state index in [2.05, 4.69) is 4.90 Å². The predicted molar refractivity (Wildman–Crippen MR) is 99.7 cm³/mol. The van der Waals surface area contributed by atoms with Gasteiger partial charge in [-0.15, -0.1) is 11.6 Å². The first-order chi connectivity index (χ1) is 11.6. The second kappa shape index (κ2) is 7.20. The number of nitrogens with zero attached hydrogens (tertiary/aromatic N) is 1. The maximum atomic E-state index is 12.8. The van der Waals surface area contributed by atoms with E-state index in [4.69, 9.17) is 16.0 Å². The monoisotopic (exact) mass is 341 g/mol. The van der Waals surface area contributed by atoms with Crippen LogP contribution in [-0.4, -0.2) is 24.4 Å². The van der Waals surface area contributed by atoms with Crippen LogP contribution < -0.4 is 5.43 Å². The van der Waals surface area contributed by atoms with E-state index in [0.717, 1.165) is 17.7 Å². The van der Waals surface area contributed by atoms with Crippen molar-refractivity contribution in [3.63, 3.8) is 0 Å². The highest BCUT2D eigenvalue weighted by molar-refractivity contribution is 6.18. The van der Waals surface area contributed by atoms with Crippen LogP contribution in [0.25, 0.3) is 22.3 Å². The molecule has 0 aliphatic heterocycles. The third-order valence-electron chi connectivity index (χ3n) is 4.17. The van der Waals surface area contributed by atoms with Crippen LogP contribution in [0.2, 0.25) is 0 Å². The van der Waals surface area contributed by atoms with E-state index in [9.17, 15) is 4.79 Å². The van der Waals surface area contributed by atoms with Crippen LogP contribution in [-0.2, 0) is 6.54 Å². The lowest BCUT2D eigenvalue weighted by molar-refractivity contribution is 0.347. The van der Waals surface area contributed by atoms with Crippen molar-refractivity contribution in [3.8, 4) is 11.3 Å². The Morgan fingerprint density at radius 3 is 2.54 bits per heavy atom. The van der Waals surface area contributed by atoms with Crippen LogP contribution in [0.1, 0.15) is 11.1 Å². The minimum Gasteiger partial charge on any atom is -0.455 e. The summed E-state index contributed by atoms with van der Waals surface area (Å²) >= 11 is 5.82. The first-order valence-corrected chi connectivity index (χ1v) is 8.50. The van der Waals surface area contributed by atoms with Crippen molar-refractivity contribution >= 4 is 22.6 Å². The fraction of sp³-hybridized carbons (Fsp3) is 0.250. The van der Waals surface area contributed by atoms with Crippen molar-refractivity contribution < 1.29 is 4.42 Å². The van der Waals surface area contributed by atoms with Gasteiger partial charge in [0.05, 0.1) is 5.39 Å². The molecule has 0 bridgehead atoms. The summed E-state index contributed by atoms with van der Waals surface area (Å²) < 4.78 is 6.21. The van der Waals surface area contributed by atoms with Crippen LogP contribution in [0.15, 0.2) is 57.7 Å². The number of halogens is 1. The fourth-order valence-corrected chi connectivity index (χ4v) is 3.16. The number of fused-ring (bicyclic) bond motifs is 1. The minimum absolute atomic E-state index is 0.0250. The summed E-state index contributed by atoms with van der Waals surface area (Å²) in [7, 11) is 2.01. The Hall–Kier alpha value is -2.10. The fourth-order valence-electron chi connectivity index (χ4n) is 2.87. The zero-order chi connectivity index (χ0) is 17.1. The highest BCUT2D eigenvalue weighted by Gasteiger charge is 2.15. The van der Waals surface area contributed by atoms with E-state index >= 15 is 0 Å². The lowest BCUT2D eigenvalue weighted by Crippen LogP contribution is -2.20. The van der Waals surface area contributed by atoms with Gasteiger partial charge in [0.25, 0.3) is 0 Å². The van der Waals surface area contributed by atoms with Gasteiger partial charge in [-0.1, -0.05) is 42.5 Å². The van der Waals surface area contributed by atoms with Gasteiger partial charge in [0, 0.05) is 35.7 Å². The van der Waals surface area contributed by atoms with Gasteiger partial charge in [-0.2, -0.15) is 0 Å². The summed E-state index contributed by atoms with van der Waals surface area (Å²) in [6.07, 6.45) is 0. The SMILES string of the molecule is Cc1c(-c2ccccc2)oc2c(CN(C)CCCl)cccc2c1=O. The normalized spacial score (nSPS) is 11.3. The highest BCUT2D eigenvalue weighted by Crippen LogP contribution is 2.27. The van der Waals surface area contributed by atoms with E-state index in [1.807, 2.05) is 62.5 Å². The average molecular weight is 342 g/mol. The van der Waals surface area contributed by atoms with Crippen molar-refractivity contribution in [2.45, 2.75) is 13.5 Å². The quantitative estimate of drug-likeness (QED) is 0.643. The summed E-state index contributed by atoms with van der Waals surface area (Å²) in [5.41, 5.74) is 3.23. The first kappa shape index (κ1) is 16.7. The van der Waals surface area contributed by atoms with Crippen molar-refractivity contribution in [1.82, 2.24) is 4.90 Å². The Morgan fingerprint density at radius 1 is 1.08 bits per heavy atom. The molecule has 3 rings (SSSR count). The molecule has 3 aromatic rings. The molecule has 2 aromatic carbocycles. The number of hydrogen-bond acceptors (Lipinski definition) is 3. The smallest absolute Gasteiger partial charge is 0.196 e. The van der Waals surface area contributed by atoms with Crippen LogP contribution in [0, 0.1) is 6.92 Å². The van der Waals surface area contributed by atoms with Crippen LogP contribution in [0.4, 0.5) is 0 Å². The second-order valence-electron chi connectivity index (χ2n) is 5.97. The number of para-hydroxylation sites is 1. The molecule has 124 valence electrons. The molecule has 0 saturated heterocycles. The molecule has 0 N–H and O–H groups in total. The molecule has 24 heavy (non-hydrogen) atoms. The molecule has 0 spiro atoms. The number of hydrogen-bond donors (Lipinski definition) is 0. The molecular formula is C20H20ClNO2. The lowest BCUT2D eigenvalue weighted by Gasteiger charge is -2.16. The van der Waals surface area contributed by atoms with Crippen LogP contribution in [0.3, 0.4) is 0 Å². The third-order valence-corrected chi connectivity index (χ3v) is 4.34. The summed E-state index contributed by atoms with van der Waals surface area (Å²) in [5, 5.41) is 0.629. The van der Waals surface area contributed by atoms with Gasteiger partial charge in [0.15, 0.2) is 5.43 Å². The topological polar surface area (TPSA) is 33.5 Å². The van der Waals surface area contributed by atoms with Gasteiger partial charge >= 0.3 is 0 Å². The Balaban J connectivity index is 2.19. The maximum absolute atomic E-state index is 12.8. The number of rotatable bonds is 5. The molecule has 0 fully saturated rings. The summed E-state index contributed by atoms with van der Waals surface area (Å²) in [6, 6.07) is 15.5. The van der Waals surface area contributed by atoms with Gasteiger partial charge in [0.1, 0.15) is 11.3 Å². The van der Waals surface area contributed by atoms with Crippen LogP contribution in [0.5, 0.6) is 0 Å². The minimum atomic E-state index is 0.0250. The van der Waals surface area contributed by atoms with E-state index in [1.165, 1.54) is 0 Å². The first-order valence-electron chi connectivity index (χ1n) is 7.97. The number of alkyl halides is 1. The van der Waals surface area contributed by atoms with Crippen LogP contribution >= 0.6 is 11.6 Å². The molecule has 4 heteroatoms. The summed E-state index contributed by atoms with van der Waals surface area (Å²) in [5.74, 6) is 1.21. The molecule has 0 amide bonds. The Bertz CT molecular complexity index is 903. The average Bonchev–Trinajstić information content (AvgIpc) is 2.59. The second-order valence-corrected chi connectivity index (χ2v) is 6.35. The Kier molecular flexibility index (Phi) is 5.03. The molecule has 3 nitrogen and oxygen atoms in total. The van der Waals surface area contributed by atoms with E-state index < -0.39 is 0 Å². The van der Waals surface area contributed by atoms with Crippen molar-refractivity contribution in [2.24, 2.45) is 0 Å². The molecule has 1 heterocycles. The molecule has 0 aliphatic rings. The van der Waals surface area contributed by atoms with Gasteiger partial charge in [-0.05, 0) is 20.0 Å². The molecule has 0 saturated carbocycles. The zero-order valence-electron chi connectivity index (χ0n) is 13.9. The molecular weight excluding hydrogens is 322 g/mol. The standard InChI is InChI=1S/C20H20ClNO2/c1-14-18(23)17-10-6-9-16(13-22(2)12-11-21)20(17)24-19(14)15-7-4-3-5-8-15/h3-10H,11-13H2,1-2H3. The van der Waals surface area contributed by atoms with Gasteiger partial charge < -0.3 is 9.32 Å².